The molecule has 1 amide bonds. The molecule has 0 aliphatic carbocycles. The lowest BCUT2D eigenvalue weighted by Gasteiger charge is -2.12. The van der Waals surface area contributed by atoms with Crippen LogP contribution in [0.4, 0.5) is 5.69 Å². The molecule has 0 aliphatic rings. The van der Waals surface area contributed by atoms with Gasteiger partial charge < -0.3 is 5.32 Å². The molecule has 1 heterocycles. The predicted molar refractivity (Wildman–Crippen MR) is 107 cm³/mol. The Morgan fingerprint density at radius 2 is 1.89 bits per heavy atom. The Balaban J connectivity index is 1.95. The van der Waals surface area contributed by atoms with E-state index in [9.17, 15) is 13.2 Å². The molecule has 0 spiro atoms. The largest absolute Gasteiger partial charge is 0.321 e. The van der Waals surface area contributed by atoms with Crippen molar-refractivity contribution < 1.29 is 13.2 Å². The van der Waals surface area contributed by atoms with Crippen LogP contribution in [0, 0.1) is 0 Å². The zero-order valence-electron chi connectivity index (χ0n) is 14.9. The first-order valence-corrected chi connectivity index (χ1v) is 11.2. The molecule has 3 aromatic rings. The van der Waals surface area contributed by atoms with Crippen molar-refractivity contribution in [1.29, 1.82) is 0 Å². The first kappa shape index (κ1) is 19.2. The molecule has 6 nitrogen and oxygen atoms in total. The number of benzene rings is 2. The van der Waals surface area contributed by atoms with Gasteiger partial charge in [0.05, 0.1) is 16.8 Å². The molecular weight excluding hydrogens is 382 g/mol. The van der Waals surface area contributed by atoms with E-state index in [1.807, 2.05) is 36.6 Å². The standard InChI is InChI=1S/C19H19N3O3S2/c1-3-27(24,25)16-11-7-8-14(12-16)21-18(23)17-13-20-19(26-2)22(17)15-9-5-4-6-10-15/h4-13H,3H2,1-2H3,(H,21,23). The zero-order chi connectivity index (χ0) is 19.4. The summed E-state index contributed by atoms with van der Waals surface area (Å²) in [5, 5.41) is 3.46. The van der Waals surface area contributed by atoms with Crippen molar-refractivity contribution in [1.82, 2.24) is 9.55 Å². The minimum atomic E-state index is -3.34. The number of hydrogen-bond acceptors (Lipinski definition) is 5. The lowest BCUT2D eigenvalue weighted by molar-refractivity contribution is 0.102. The van der Waals surface area contributed by atoms with Gasteiger partial charge in [0, 0.05) is 11.4 Å². The predicted octanol–water partition coefficient (Wildman–Crippen LogP) is 3.64. The van der Waals surface area contributed by atoms with E-state index in [2.05, 4.69) is 10.3 Å². The average Bonchev–Trinajstić information content (AvgIpc) is 3.13. The average molecular weight is 402 g/mol. The Bertz CT molecular complexity index is 1060. The zero-order valence-corrected chi connectivity index (χ0v) is 16.5. The number of amides is 1. The van der Waals surface area contributed by atoms with Crippen molar-refractivity contribution in [2.75, 3.05) is 17.3 Å². The van der Waals surface area contributed by atoms with Gasteiger partial charge in [0.15, 0.2) is 15.0 Å². The second-order valence-corrected chi connectivity index (χ2v) is 8.74. The Hall–Kier alpha value is -2.58. The van der Waals surface area contributed by atoms with E-state index in [4.69, 9.17) is 0 Å². The van der Waals surface area contributed by atoms with Crippen molar-refractivity contribution in [2.24, 2.45) is 0 Å². The third-order valence-corrected chi connectivity index (χ3v) is 6.38. The van der Waals surface area contributed by atoms with Crippen LogP contribution in [0.25, 0.3) is 5.69 Å². The molecule has 8 heteroatoms. The van der Waals surface area contributed by atoms with Gasteiger partial charge in [-0.25, -0.2) is 13.4 Å². The van der Waals surface area contributed by atoms with Crippen molar-refractivity contribution in [2.45, 2.75) is 17.0 Å². The number of rotatable bonds is 6. The maximum atomic E-state index is 12.8. The maximum absolute atomic E-state index is 12.8. The van der Waals surface area contributed by atoms with Crippen LogP contribution in [0.15, 0.2) is 70.8 Å². The molecule has 0 saturated heterocycles. The van der Waals surface area contributed by atoms with E-state index in [1.165, 1.54) is 30.1 Å². The Kier molecular flexibility index (Phi) is 5.67. The Labute approximate surface area is 162 Å². The van der Waals surface area contributed by atoms with Crippen LogP contribution in [0.5, 0.6) is 0 Å². The van der Waals surface area contributed by atoms with E-state index < -0.39 is 9.84 Å². The van der Waals surface area contributed by atoms with E-state index in [0.717, 1.165) is 5.69 Å². The van der Waals surface area contributed by atoms with E-state index in [0.29, 0.717) is 16.5 Å². The highest BCUT2D eigenvalue weighted by molar-refractivity contribution is 7.98. The maximum Gasteiger partial charge on any atom is 0.274 e. The smallest absolute Gasteiger partial charge is 0.274 e. The Morgan fingerprint density at radius 1 is 1.15 bits per heavy atom. The fourth-order valence-corrected chi connectivity index (χ4v) is 4.06. The fourth-order valence-electron chi connectivity index (χ4n) is 2.59. The summed E-state index contributed by atoms with van der Waals surface area (Å²) in [5.41, 5.74) is 1.61. The molecule has 0 fully saturated rings. The third kappa shape index (κ3) is 4.06. The van der Waals surface area contributed by atoms with Crippen LogP contribution in [-0.4, -0.2) is 35.9 Å². The van der Waals surface area contributed by atoms with Gasteiger partial charge >= 0.3 is 0 Å². The number of thioether (sulfide) groups is 1. The summed E-state index contributed by atoms with van der Waals surface area (Å²) in [6.45, 7) is 1.59. The van der Waals surface area contributed by atoms with Crippen LogP contribution < -0.4 is 5.32 Å². The molecule has 1 aromatic heterocycles. The SMILES string of the molecule is CCS(=O)(=O)c1cccc(NC(=O)c2cnc(SC)n2-c2ccccc2)c1. The first-order valence-electron chi connectivity index (χ1n) is 8.27. The first-order chi connectivity index (χ1) is 13.0. The lowest BCUT2D eigenvalue weighted by atomic mass is 10.3. The lowest BCUT2D eigenvalue weighted by Crippen LogP contribution is -2.17. The van der Waals surface area contributed by atoms with Crippen LogP contribution >= 0.6 is 11.8 Å². The summed E-state index contributed by atoms with van der Waals surface area (Å²) >= 11 is 1.44. The summed E-state index contributed by atoms with van der Waals surface area (Å²) in [5.74, 6) is -0.361. The van der Waals surface area contributed by atoms with Crippen LogP contribution in [0.2, 0.25) is 0 Å². The van der Waals surface area contributed by atoms with Crippen molar-refractivity contribution in [3.05, 3.63) is 66.5 Å². The highest BCUT2D eigenvalue weighted by atomic mass is 32.2. The molecule has 0 radical (unpaired) electrons. The number of carbonyl (C=O) groups excluding carboxylic acids is 1. The van der Waals surface area contributed by atoms with Gasteiger partial charge in [-0.1, -0.05) is 43.0 Å². The number of nitrogens with one attached hydrogen (secondary N) is 1. The van der Waals surface area contributed by atoms with Gasteiger partial charge in [-0.2, -0.15) is 0 Å². The third-order valence-electron chi connectivity index (χ3n) is 3.99. The minimum Gasteiger partial charge on any atom is -0.321 e. The van der Waals surface area contributed by atoms with Crippen molar-refractivity contribution >= 4 is 33.2 Å². The number of aromatic nitrogens is 2. The molecule has 27 heavy (non-hydrogen) atoms. The van der Waals surface area contributed by atoms with E-state index in [1.54, 1.807) is 23.6 Å². The molecule has 0 aliphatic heterocycles. The van der Waals surface area contributed by atoms with Gasteiger partial charge in [0.25, 0.3) is 5.91 Å². The van der Waals surface area contributed by atoms with Crippen LogP contribution in [0.1, 0.15) is 17.4 Å². The highest BCUT2D eigenvalue weighted by Gasteiger charge is 2.18. The summed E-state index contributed by atoms with van der Waals surface area (Å²) in [6, 6.07) is 15.7. The van der Waals surface area contributed by atoms with E-state index >= 15 is 0 Å². The van der Waals surface area contributed by atoms with Gasteiger partial charge in [0.2, 0.25) is 0 Å². The molecular formula is C19H19N3O3S2. The number of sulfone groups is 1. The summed E-state index contributed by atoms with van der Waals surface area (Å²) in [6.07, 6.45) is 3.41. The summed E-state index contributed by atoms with van der Waals surface area (Å²) in [4.78, 5) is 17.3. The quantitative estimate of drug-likeness (QED) is 0.638. The molecule has 0 unspecified atom stereocenters. The number of anilines is 1. The van der Waals surface area contributed by atoms with Gasteiger partial charge in [-0.05, 0) is 36.6 Å². The van der Waals surface area contributed by atoms with Gasteiger partial charge in [-0.15, -0.1) is 0 Å². The van der Waals surface area contributed by atoms with Gasteiger partial charge in [-0.3, -0.25) is 9.36 Å². The molecule has 3 rings (SSSR count). The monoisotopic (exact) mass is 401 g/mol. The number of para-hydroxylation sites is 1. The molecule has 140 valence electrons. The summed E-state index contributed by atoms with van der Waals surface area (Å²) < 4.78 is 25.9. The second-order valence-electron chi connectivity index (χ2n) is 5.69. The minimum absolute atomic E-state index is 0.00224. The molecule has 1 N–H and O–H groups in total. The normalized spacial score (nSPS) is 11.3. The Morgan fingerprint density at radius 3 is 2.56 bits per heavy atom. The second kappa shape index (κ2) is 7.98. The number of carbonyl (C=O) groups is 1. The fraction of sp³-hybridized carbons (Fsp3) is 0.158. The van der Waals surface area contributed by atoms with Gasteiger partial charge in [0.1, 0.15) is 5.69 Å². The van der Waals surface area contributed by atoms with Crippen molar-refractivity contribution in [3.63, 3.8) is 0 Å². The van der Waals surface area contributed by atoms with Crippen molar-refractivity contribution in [3.8, 4) is 5.69 Å². The highest BCUT2D eigenvalue weighted by Crippen LogP contribution is 2.23. The number of hydrogen-bond donors (Lipinski definition) is 1. The molecule has 0 atom stereocenters. The number of nitrogens with zero attached hydrogens (tertiary/aromatic N) is 2. The van der Waals surface area contributed by atoms with Crippen LogP contribution in [-0.2, 0) is 9.84 Å². The topological polar surface area (TPSA) is 81.1 Å². The molecule has 2 aromatic carbocycles. The number of imidazole rings is 1. The molecule has 0 bridgehead atoms. The summed E-state index contributed by atoms with van der Waals surface area (Å²) in [7, 11) is -3.34. The van der Waals surface area contributed by atoms with Crippen LogP contribution in [0.3, 0.4) is 0 Å². The van der Waals surface area contributed by atoms with E-state index in [-0.39, 0.29) is 16.6 Å². The molecule has 0 saturated carbocycles.